The van der Waals surface area contributed by atoms with Gasteiger partial charge in [0.15, 0.2) is 6.10 Å². The Balaban J connectivity index is 1.31. The number of rotatable bonds is 5. The molecule has 1 aromatic carbocycles. The van der Waals surface area contributed by atoms with Crippen LogP contribution in [0.4, 0.5) is 0 Å². The quantitative estimate of drug-likeness (QED) is 0.195. The van der Waals surface area contributed by atoms with E-state index < -0.39 is 0 Å². The third-order valence-electron chi connectivity index (χ3n) is 14.9. The molecule has 43 heavy (non-hydrogen) atoms. The van der Waals surface area contributed by atoms with Gasteiger partial charge in [-0.3, -0.25) is 4.79 Å². The Morgan fingerprint density at radius 1 is 0.860 bits per heavy atom. The number of hydrogen-bond acceptors (Lipinski definition) is 3. The summed E-state index contributed by atoms with van der Waals surface area (Å²) in [6, 6.07) is 10.1. The lowest BCUT2D eigenvalue weighted by molar-refractivity contribution is -0.248. The molecule has 0 aromatic heterocycles. The summed E-state index contributed by atoms with van der Waals surface area (Å²) in [4.78, 5) is 24.2. The maximum atomic E-state index is 14.2. The van der Waals surface area contributed by atoms with Gasteiger partial charge in [-0.1, -0.05) is 77.1 Å². The summed E-state index contributed by atoms with van der Waals surface area (Å²) in [6.45, 7) is 21.4. The molecular formula is C39H57O4+. The lowest BCUT2D eigenvalue weighted by Crippen LogP contribution is -2.67. The SMILES string of the molecule is C=C(C)[C@@H]1CC[C@]2(C(=O)OCc3ccccc3)CC[C@]3(C)C(CCC4[C@@]5(C)CCC(OC(C)=[OH+])C(C)(C)C5CC[C@]43C)[C@H]12. The molecule has 236 valence electrons. The fraction of sp³-hybridized carbons (Fsp3) is 0.744. The van der Waals surface area contributed by atoms with Gasteiger partial charge < -0.3 is 14.3 Å². The van der Waals surface area contributed by atoms with Crippen molar-refractivity contribution in [2.45, 2.75) is 125 Å². The number of ether oxygens (including phenoxy) is 2. The van der Waals surface area contributed by atoms with Gasteiger partial charge >= 0.3 is 11.9 Å². The summed E-state index contributed by atoms with van der Waals surface area (Å²) in [5.41, 5.74) is 2.60. The molecule has 4 nitrogen and oxygen atoms in total. The minimum atomic E-state index is -0.386. The first-order valence-corrected chi connectivity index (χ1v) is 17.3. The number of esters is 2. The Morgan fingerprint density at radius 3 is 2.26 bits per heavy atom. The topological polar surface area (TPSA) is 56.9 Å². The van der Waals surface area contributed by atoms with Crippen molar-refractivity contribution in [1.82, 2.24) is 0 Å². The van der Waals surface area contributed by atoms with Crippen LogP contribution in [-0.4, -0.2) is 22.8 Å². The highest BCUT2D eigenvalue weighted by atomic mass is 16.5. The van der Waals surface area contributed by atoms with Crippen molar-refractivity contribution in [2.75, 3.05) is 0 Å². The highest BCUT2D eigenvalue weighted by molar-refractivity contribution is 5.78. The Hall–Kier alpha value is -2.10. The molecule has 6 rings (SSSR count). The van der Waals surface area contributed by atoms with Gasteiger partial charge in [0.25, 0.3) is 0 Å². The molecule has 1 N–H and O–H groups in total. The van der Waals surface area contributed by atoms with Crippen LogP contribution in [0.15, 0.2) is 42.5 Å². The second-order valence-electron chi connectivity index (χ2n) is 16.9. The number of fused-ring (bicyclic) bond motifs is 7. The highest BCUT2D eigenvalue weighted by Gasteiger charge is 2.72. The standard InChI is InChI=1S/C39H56O4/c1-25(2)28-16-21-39(34(41)42-24-27-12-10-9-11-13-27)23-22-37(7)29(33(28)39)14-15-31-36(6)19-18-32(43-26(3)40)35(4,5)30(36)17-20-38(31,37)8/h9-13,28-33H,1,14-24H2,2-8H3/p+1/t28-,29?,30?,31?,32?,33-,36-,37+,38+,39-/m0/s1. The minimum absolute atomic E-state index is 0.0107. The smallest absolute Gasteiger partial charge is 0.460 e. The van der Waals surface area contributed by atoms with Gasteiger partial charge in [-0.2, -0.15) is 0 Å². The molecule has 1 aromatic rings. The second kappa shape index (κ2) is 10.5. The number of carbonyl (C=O) groups excluding carboxylic acids is 2. The molecule has 0 spiro atoms. The van der Waals surface area contributed by atoms with E-state index in [1.807, 2.05) is 18.2 Å². The lowest BCUT2D eigenvalue weighted by atomic mass is 9.32. The van der Waals surface area contributed by atoms with Crippen LogP contribution in [0, 0.1) is 56.7 Å². The number of hydrogen-bond donors (Lipinski definition) is 0. The summed E-state index contributed by atoms with van der Waals surface area (Å²) in [5, 5.41) is 0. The van der Waals surface area contributed by atoms with E-state index >= 15 is 0 Å². The summed E-state index contributed by atoms with van der Waals surface area (Å²) < 4.78 is 12.2. The van der Waals surface area contributed by atoms with Crippen LogP contribution >= 0.6 is 0 Å². The fourth-order valence-corrected chi connectivity index (χ4v) is 12.8. The largest absolute Gasteiger partial charge is 0.479 e. The molecule has 0 amide bonds. The Labute approximate surface area is 260 Å². The van der Waals surface area contributed by atoms with Crippen molar-refractivity contribution >= 4 is 11.9 Å². The monoisotopic (exact) mass is 589 g/mol. The van der Waals surface area contributed by atoms with Crippen molar-refractivity contribution in [2.24, 2.45) is 56.7 Å². The van der Waals surface area contributed by atoms with Crippen molar-refractivity contribution in [3.05, 3.63) is 48.0 Å². The van der Waals surface area contributed by atoms with Gasteiger partial charge in [-0.25, -0.2) is 0 Å². The van der Waals surface area contributed by atoms with E-state index in [0.29, 0.717) is 36.2 Å². The van der Waals surface area contributed by atoms with Gasteiger partial charge in [0.05, 0.1) is 12.3 Å². The number of carbonyl (C=O) groups is 1. The van der Waals surface area contributed by atoms with E-state index in [1.165, 1.54) is 31.3 Å². The molecule has 0 aliphatic heterocycles. The lowest BCUT2D eigenvalue weighted by Gasteiger charge is -2.72. The van der Waals surface area contributed by atoms with Crippen molar-refractivity contribution in [1.29, 1.82) is 0 Å². The number of allylic oxidation sites excluding steroid dienone is 1. The zero-order chi connectivity index (χ0) is 31.0. The Kier molecular flexibility index (Phi) is 7.53. The van der Waals surface area contributed by atoms with E-state index in [1.54, 1.807) is 6.92 Å². The van der Waals surface area contributed by atoms with Crippen LogP contribution in [0.2, 0.25) is 0 Å². The normalized spacial score (nSPS) is 44.6. The molecule has 4 unspecified atom stereocenters. The van der Waals surface area contributed by atoms with Gasteiger partial charge in [-0.15, -0.1) is 0 Å². The summed E-state index contributed by atoms with van der Waals surface area (Å²) in [6.07, 6.45) is 11.2. The summed E-state index contributed by atoms with van der Waals surface area (Å²) in [7, 11) is 0. The van der Waals surface area contributed by atoms with Crippen molar-refractivity contribution < 1.29 is 19.1 Å². The van der Waals surface area contributed by atoms with E-state index in [4.69, 9.17) is 9.47 Å². The third kappa shape index (κ3) is 4.42. The zero-order valence-corrected chi connectivity index (χ0v) is 28.0. The van der Waals surface area contributed by atoms with Gasteiger partial charge in [-0.05, 0) is 116 Å². The van der Waals surface area contributed by atoms with Crippen LogP contribution in [0.1, 0.15) is 118 Å². The molecule has 5 aliphatic rings. The molecule has 0 radical (unpaired) electrons. The van der Waals surface area contributed by atoms with E-state index in [-0.39, 0.29) is 45.1 Å². The van der Waals surface area contributed by atoms with Gasteiger partial charge in [0.2, 0.25) is 0 Å². The van der Waals surface area contributed by atoms with Crippen LogP contribution in [0.3, 0.4) is 0 Å². The average Bonchev–Trinajstić information content (AvgIpc) is 3.35. The maximum absolute atomic E-state index is 14.2. The zero-order valence-electron chi connectivity index (χ0n) is 28.0. The average molecular weight is 590 g/mol. The molecule has 0 saturated heterocycles. The molecule has 0 bridgehead atoms. The minimum Gasteiger partial charge on any atom is -0.460 e. The molecular weight excluding hydrogens is 532 g/mol. The molecule has 5 aliphatic carbocycles. The second-order valence-corrected chi connectivity index (χ2v) is 16.9. The predicted molar refractivity (Wildman–Crippen MR) is 173 cm³/mol. The van der Waals surface area contributed by atoms with Crippen molar-refractivity contribution in [3.63, 3.8) is 0 Å². The predicted octanol–water partition coefficient (Wildman–Crippen LogP) is 9.29. The molecule has 5 saturated carbocycles. The van der Waals surface area contributed by atoms with Crippen LogP contribution in [0.5, 0.6) is 0 Å². The first kappa shape index (κ1) is 30.9. The first-order valence-electron chi connectivity index (χ1n) is 17.3. The molecule has 0 heterocycles. The molecule has 4 heteroatoms. The molecule has 10 atom stereocenters. The first-order chi connectivity index (χ1) is 20.2. The van der Waals surface area contributed by atoms with E-state index in [9.17, 15) is 9.59 Å². The fourth-order valence-electron chi connectivity index (χ4n) is 12.8. The van der Waals surface area contributed by atoms with Crippen LogP contribution in [0.25, 0.3) is 0 Å². The van der Waals surface area contributed by atoms with Crippen LogP contribution in [-0.2, 0) is 20.9 Å². The van der Waals surface area contributed by atoms with Gasteiger partial charge in [0.1, 0.15) is 6.61 Å². The highest BCUT2D eigenvalue weighted by Crippen LogP contribution is 2.77. The third-order valence-corrected chi connectivity index (χ3v) is 14.9. The summed E-state index contributed by atoms with van der Waals surface area (Å²) in [5.74, 6) is 2.60. The summed E-state index contributed by atoms with van der Waals surface area (Å²) >= 11 is 0. The Bertz CT molecular complexity index is 1270. The van der Waals surface area contributed by atoms with E-state index in [2.05, 4.69) is 60.3 Å². The molecule has 5 fully saturated rings. The van der Waals surface area contributed by atoms with Gasteiger partial charge in [0, 0.05) is 11.8 Å². The van der Waals surface area contributed by atoms with Crippen LogP contribution < -0.4 is 0 Å². The number of benzene rings is 1. The Morgan fingerprint density at radius 2 is 1.58 bits per heavy atom. The van der Waals surface area contributed by atoms with Crippen molar-refractivity contribution in [3.8, 4) is 0 Å². The maximum Gasteiger partial charge on any atom is 0.479 e. The van der Waals surface area contributed by atoms with E-state index in [0.717, 1.165) is 44.1 Å².